The Balaban J connectivity index is 2.76. The zero-order valence-electron chi connectivity index (χ0n) is 9.01. The van der Waals surface area contributed by atoms with Crippen LogP contribution in [-0.4, -0.2) is 11.2 Å². The number of aryl methyl sites for hydroxylation is 1. The topological polar surface area (TPSA) is 17.1 Å². The van der Waals surface area contributed by atoms with Crippen LogP contribution in [0.2, 0.25) is 0 Å². The Kier molecular flexibility index (Phi) is 2.87. The summed E-state index contributed by atoms with van der Waals surface area (Å²) in [6.45, 7) is 1.61. The first-order chi connectivity index (χ1) is 7.91. The minimum atomic E-state index is -3.87. The zero-order chi connectivity index (χ0) is 12.6. The van der Waals surface area contributed by atoms with Gasteiger partial charge < -0.3 is 0 Å². The van der Waals surface area contributed by atoms with E-state index in [-0.39, 0.29) is 5.56 Å². The van der Waals surface area contributed by atoms with Gasteiger partial charge in [-0.25, -0.2) is 0 Å². The van der Waals surface area contributed by atoms with Gasteiger partial charge in [0.15, 0.2) is 0 Å². The fourth-order valence-electron chi connectivity index (χ4n) is 1.82. The van der Waals surface area contributed by atoms with Gasteiger partial charge in [-0.3, -0.25) is 4.79 Å². The third kappa shape index (κ3) is 2.15. The molecular formula is C13H9ClF2O. The lowest BCUT2D eigenvalue weighted by Crippen LogP contribution is -2.22. The SMILES string of the molecule is Cc1ccc2ccccc2c1C(=O)C(F)(F)Cl. The molecule has 0 saturated carbocycles. The molecule has 0 aromatic heterocycles. The molecule has 1 nitrogen and oxygen atoms in total. The van der Waals surface area contributed by atoms with Crippen molar-refractivity contribution in [1.82, 2.24) is 0 Å². The van der Waals surface area contributed by atoms with E-state index in [9.17, 15) is 13.6 Å². The second-order valence-corrected chi connectivity index (χ2v) is 4.28. The number of halogens is 3. The monoisotopic (exact) mass is 254 g/mol. The summed E-state index contributed by atoms with van der Waals surface area (Å²) in [5, 5.41) is -2.63. The Morgan fingerprint density at radius 3 is 2.47 bits per heavy atom. The summed E-state index contributed by atoms with van der Waals surface area (Å²) in [6, 6.07) is 10.3. The Hall–Kier alpha value is -1.48. The Bertz CT molecular complexity index is 587. The molecule has 2 aromatic carbocycles. The predicted octanol–water partition coefficient (Wildman–Crippen LogP) is 4.16. The number of hydrogen-bond donors (Lipinski definition) is 0. The summed E-state index contributed by atoms with van der Waals surface area (Å²) in [4.78, 5) is 11.6. The highest BCUT2D eigenvalue weighted by atomic mass is 35.5. The minimum Gasteiger partial charge on any atom is -0.286 e. The fourth-order valence-corrected chi connectivity index (χ4v) is 1.92. The van der Waals surface area contributed by atoms with Crippen molar-refractivity contribution in [3.8, 4) is 0 Å². The number of ketones is 1. The van der Waals surface area contributed by atoms with Gasteiger partial charge in [0.25, 0.3) is 0 Å². The predicted molar refractivity (Wildman–Crippen MR) is 63.8 cm³/mol. The fraction of sp³-hybridized carbons (Fsp3) is 0.154. The molecule has 0 saturated heterocycles. The summed E-state index contributed by atoms with van der Waals surface area (Å²) >= 11 is 4.81. The molecule has 0 unspecified atom stereocenters. The molecule has 0 spiro atoms. The van der Waals surface area contributed by atoms with Gasteiger partial charge in [-0.05, 0) is 34.9 Å². The van der Waals surface area contributed by atoms with Crippen LogP contribution in [0.25, 0.3) is 10.8 Å². The van der Waals surface area contributed by atoms with Gasteiger partial charge in [-0.15, -0.1) is 0 Å². The normalized spacial score (nSPS) is 11.8. The molecule has 17 heavy (non-hydrogen) atoms. The number of fused-ring (bicyclic) bond motifs is 1. The summed E-state index contributed by atoms with van der Waals surface area (Å²) in [7, 11) is 0. The molecule has 88 valence electrons. The lowest BCUT2D eigenvalue weighted by atomic mass is 9.97. The molecule has 0 aliphatic carbocycles. The highest BCUT2D eigenvalue weighted by Gasteiger charge is 2.38. The number of alkyl halides is 3. The first-order valence-electron chi connectivity index (χ1n) is 5.01. The molecule has 0 amide bonds. The summed E-state index contributed by atoms with van der Waals surface area (Å²) < 4.78 is 25.9. The standard InChI is InChI=1S/C13H9ClF2O/c1-8-6-7-9-4-2-3-5-10(9)11(8)12(17)13(14,15)16/h2-7H,1H3. The maximum Gasteiger partial charge on any atom is 0.384 e. The van der Waals surface area contributed by atoms with Crippen molar-refractivity contribution in [2.45, 2.75) is 12.3 Å². The van der Waals surface area contributed by atoms with Crippen molar-refractivity contribution >= 4 is 28.2 Å². The van der Waals surface area contributed by atoms with E-state index in [1.165, 1.54) is 0 Å². The van der Waals surface area contributed by atoms with Gasteiger partial charge >= 0.3 is 5.38 Å². The van der Waals surface area contributed by atoms with Crippen LogP contribution in [0.5, 0.6) is 0 Å². The molecular weight excluding hydrogens is 246 g/mol. The second kappa shape index (κ2) is 4.08. The van der Waals surface area contributed by atoms with Gasteiger partial charge in [0.1, 0.15) is 0 Å². The molecule has 0 atom stereocenters. The van der Waals surface area contributed by atoms with E-state index >= 15 is 0 Å². The molecule has 0 aliphatic heterocycles. The lowest BCUT2D eigenvalue weighted by Gasteiger charge is -2.12. The number of benzene rings is 2. The van der Waals surface area contributed by atoms with Crippen LogP contribution in [0.4, 0.5) is 8.78 Å². The van der Waals surface area contributed by atoms with Crippen molar-refractivity contribution in [3.05, 3.63) is 47.5 Å². The average molecular weight is 255 g/mol. The van der Waals surface area contributed by atoms with Crippen LogP contribution in [0.3, 0.4) is 0 Å². The molecule has 0 aliphatic rings. The molecule has 0 bridgehead atoms. The van der Waals surface area contributed by atoms with Crippen molar-refractivity contribution < 1.29 is 13.6 Å². The highest BCUT2D eigenvalue weighted by Crippen LogP contribution is 2.30. The van der Waals surface area contributed by atoms with E-state index in [2.05, 4.69) is 0 Å². The summed E-state index contributed by atoms with van der Waals surface area (Å²) in [6.07, 6.45) is 0. The van der Waals surface area contributed by atoms with Crippen LogP contribution in [0, 0.1) is 6.92 Å². The number of carbonyl (C=O) groups excluding carboxylic acids is 1. The van der Waals surface area contributed by atoms with Crippen molar-refractivity contribution in [3.63, 3.8) is 0 Å². The van der Waals surface area contributed by atoms with E-state index in [4.69, 9.17) is 11.6 Å². The first kappa shape index (κ1) is 12.0. The number of Topliss-reactive ketones (excluding diaryl/α,β-unsaturated/α-hetero) is 1. The van der Waals surface area contributed by atoms with Crippen LogP contribution < -0.4 is 0 Å². The molecule has 2 aromatic rings. The Labute approximate surface area is 102 Å². The van der Waals surface area contributed by atoms with E-state index in [1.54, 1.807) is 43.3 Å². The Morgan fingerprint density at radius 2 is 1.82 bits per heavy atom. The van der Waals surface area contributed by atoms with Crippen molar-refractivity contribution in [2.24, 2.45) is 0 Å². The van der Waals surface area contributed by atoms with Gasteiger partial charge in [-0.2, -0.15) is 8.78 Å². The van der Waals surface area contributed by atoms with E-state index in [0.29, 0.717) is 10.9 Å². The third-order valence-electron chi connectivity index (χ3n) is 2.62. The quantitative estimate of drug-likeness (QED) is 0.581. The van der Waals surface area contributed by atoms with E-state index < -0.39 is 11.2 Å². The summed E-state index contributed by atoms with van der Waals surface area (Å²) in [5.74, 6) is -1.35. The molecule has 4 heteroatoms. The smallest absolute Gasteiger partial charge is 0.286 e. The van der Waals surface area contributed by atoms with Gasteiger partial charge in [0, 0.05) is 5.56 Å². The lowest BCUT2D eigenvalue weighted by molar-refractivity contribution is 0.0537. The first-order valence-corrected chi connectivity index (χ1v) is 5.39. The molecule has 0 fully saturated rings. The van der Waals surface area contributed by atoms with Gasteiger partial charge in [-0.1, -0.05) is 36.4 Å². The maximum atomic E-state index is 12.9. The van der Waals surface area contributed by atoms with Crippen LogP contribution in [0.15, 0.2) is 36.4 Å². The van der Waals surface area contributed by atoms with Crippen LogP contribution >= 0.6 is 11.6 Å². The van der Waals surface area contributed by atoms with Crippen LogP contribution in [-0.2, 0) is 0 Å². The van der Waals surface area contributed by atoms with E-state index in [1.807, 2.05) is 0 Å². The molecule has 0 radical (unpaired) electrons. The van der Waals surface area contributed by atoms with Crippen LogP contribution in [0.1, 0.15) is 15.9 Å². The van der Waals surface area contributed by atoms with Gasteiger partial charge in [0.2, 0.25) is 5.78 Å². The number of carbonyl (C=O) groups is 1. The van der Waals surface area contributed by atoms with E-state index in [0.717, 1.165) is 5.39 Å². The Morgan fingerprint density at radius 1 is 1.18 bits per heavy atom. The zero-order valence-corrected chi connectivity index (χ0v) is 9.76. The third-order valence-corrected chi connectivity index (χ3v) is 2.79. The molecule has 0 heterocycles. The van der Waals surface area contributed by atoms with Gasteiger partial charge in [0.05, 0.1) is 0 Å². The number of rotatable bonds is 2. The number of hydrogen-bond acceptors (Lipinski definition) is 1. The second-order valence-electron chi connectivity index (χ2n) is 3.81. The van der Waals surface area contributed by atoms with Crippen molar-refractivity contribution in [2.75, 3.05) is 0 Å². The molecule has 2 rings (SSSR count). The molecule has 0 N–H and O–H groups in total. The average Bonchev–Trinajstić information content (AvgIpc) is 2.27. The van der Waals surface area contributed by atoms with Crippen molar-refractivity contribution in [1.29, 1.82) is 0 Å². The highest BCUT2D eigenvalue weighted by molar-refractivity contribution is 6.36. The maximum absolute atomic E-state index is 12.9. The minimum absolute atomic E-state index is 0.0110. The largest absolute Gasteiger partial charge is 0.384 e. The summed E-state index contributed by atoms with van der Waals surface area (Å²) in [5.41, 5.74) is 0.483.